The number of fused-ring (bicyclic) bond motifs is 2. The number of aromatic nitrogens is 1. The minimum atomic E-state index is -0.0266. The highest BCUT2D eigenvalue weighted by Crippen LogP contribution is 2.30. The molecule has 5 heteroatoms. The second-order valence-electron chi connectivity index (χ2n) is 5.23. The van der Waals surface area contributed by atoms with Crippen LogP contribution in [0.15, 0.2) is 16.8 Å². The maximum Gasteiger partial charge on any atom is 0.292 e. The van der Waals surface area contributed by atoms with E-state index in [1.165, 1.54) is 19.0 Å². The lowest BCUT2D eigenvalue weighted by molar-refractivity contribution is 0.0589. The summed E-state index contributed by atoms with van der Waals surface area (Å²) >= 11 is 0. The number of rotatable bonds is 3. The Balaban J connectivity index is 1.74. The number of nitrogens with one attached hydrogen (secondary N) is 1. The number of carbonyl (C=O) groups is 1. The van der Waals surface area contributed by atoms with Crippen LogP contribution < -0.4 is 5.32 Å². The molecule has 2 aliphatic heterocycles. The predicted octanol–water partition coefficient (Wildman–Crippen LogP) is 1.42. The van der Waals surface area contributed by atoms with E-state index in [1.807, 2.05) is 11.8 Å². The summed E-state index contributed by atoms with van der Waals surface area (Å²) in [4.78, 5) is 14.3. The van der Waals surface area contributed by atoms with Crippen molar-refractivity contribution in [1.29, 1.82) is 0 Å². The third-order valence-electron chi connectivity index (χ3n) is 4.14. The van der Waals surface area contributed by atoms with Gasteiger partial charge in [0.25, 0.3) is 5.91 Å². The molecule has 0 aliphatic carbocycles. The number of piperidine rings is 1. The molecule has 1 aromatic heterocycles. The molecule has 2 fully saturated rings. The van der Waals surface area contributed by atoms with Crippen LogP contribution in [0, 0.1) is 0 Å². The summed E-state index contributed by atoms with van der Waals surface area (Å²) in [5.74, 6) is 0.323. The molecule has 3 heterocycles. The van der Waals surface area contributed by atoms with Crippen LogP contribution in [0.5, 0.6) is 0 Å². The van der Waals surface area contributed by atoms with Gasteiger partial charge in [0.15, 0.2) is 0 Å². The molecule has 18 heavy (non-hydrogen) atoms. The molecule has 1 N–H and O–H groups in total. The average molecular weight is 249 g/mol. The number of hydrogen-bond donors (Lipinski definition) is 1. The van der Waals surface area contributed by atoms with Gasteiger partial charge in [-0.25, -0.2) is 0 Å². The lowest BCUT2D eigenvalue weighted by atomic mass is 9.98. The fourth-order valence-corrected chi connectivity index (χ4v) is 3.32. The first-order valence-electron chi connectivity index (χ1n) is 6.75. The van der Waals surface area contributed by atoms with Crippen molar-refractivity contribution in [1.82, 2.24) is 15.4 Å². The number of nitrogens with zero attached hydrogens (tertiary/aromatic N) is 2. The first-order chi connectivity index (χ1) is 8.78. The lowest BCUT2D eigenvalue weighted by Crippen LogP contribution is -2.50. The summed E-state index contributed by atoms with van der Waals surface area (Å²) in [5.41, 5.74) is 0. The maximum atomic E-state index is 12.3. The summed E-state index contributed by atoms with van der Waals surface area (Å²) in [6, 6.07) is 3.16. The Kier molecular flexibility index (Phi) is 3.07. The van der Waals surface area contributed by atoms with Gasteiger partial charge in [0.1, 0.15) is 0 Å². The van der Waals surface area contributed by atoms with Crippen molar-refractivity contribution in [2.75, 3.05) is 6.54 Å². The summed E-state index contributed by atoms with van der Waals surface area (Å²) in [7, 11) is 0. The van der Waals surface area contributed by atoms with Crippen LogP contribution in [0.25, 0.3) is 0 Å². The van der Waals surface area contributed by atoms with Crippen LogP contribution in [0.3, 0.4) is 0 Å². The van der Waals surface area contributed by atoms with Gasteiger partial charge in [-0.05, 0) is 32.6 Å². The molecule has 2 saturated heterocycles. The van der Waals surface area contributed by atoms with Crippen LogP contribution in [0.2, 0.25) is 0 Å². The van der Waals surface area contributed by atoms with Crippen molar-refractivity contribution in [2.24, 2.45) is 0 Å². The second-order valence-corrected chi connectivity index (χ2v) is 5.23. The quantitative estimate of drug-likeness (QED) is 0.880. The molecule has 0 aromatic carbocycles. The van der Waals surface area contributed by atoms with E-state index in [0.717, 1.165) is 19.4 Å². The van der Waals surface area contributed by atoms with Gasteiger partial charge in [-0.3, -0.25) is 4.79 Å². The van der Waals surface area contributed by atoms with E-state index in [-0.39, 0.29) is 5.91 Å². The van der Waals surface area contributed by atoms with Crippen LogP contribution in [-0.2, 0) is 0 Å². The summed E-state index contributed by atoms with van der Waals surface area (Å²) in [6.45, 7) is 2.75. The molecule has 2 unspecified atom stereocenters. The highest BCUT2D eigenvalue weighted by Gasteiger charge is 2.37. The first kappa shape index (κ1) is 11.7. The van der Waals surface area contributed by atoms with Crippen LogP contribution in [0.1, 0.15) is 43.2 Å². The fraction of sp³-hybridized carbons (Fsp3) is 0.692. The molecule has 0 saturated carbocycles. The van der Waals surface area contributed by atoms with Gasteiger partial charge in [-0.1, -0.05) is 5.16 Å². The van der Waals surface area contributed by atoms with Crippen molar-refractivity contribution >= 4 is 5.91 Å². The minimum Gasteiger partial charge on any atom is -0.351 e. The van der Waals surface area contributed by atoms with Crippen molar-refractivity contribution < 1.29 is 9.32 Å². The molecular formula is C13H19N3O2. The number of amides is 1. The molecule has 98 valence electrons. The van der Waals surface area contributed by atoms with Gasteiger partial charge in [-0.15, -0.1) is 0 Å². The lowest BCUT2D eigenvalue weighted by Gasteiger charge is -2.36. The van der Waals surface area contributed by atoms with E-state index in [0.29, 0.717) is 23.9 Å². The number of hydrogen-bond acceptors (Lipinski definition) is 4. The SMILES string of the molecule is CCN(C(=O)c1ccno1)C1CC2CCC(C1)N2. The van der Waals surface area contributed by atoms with E-state index >= 15 is 0 Å². The second kappa shape index (κ2) is 4.72. The normalized spacial score (nSPS) is 30.4. The Bertz CT molecular complexity index is 406. The average Bonchev–Trinajstić information content (AvgIpc) is 3.00. The standard InChI is InChI=1S/C13H19N3O2/c1-2-16(13(17)12-5-6-14-18-12)11-7-9-3-4-10(8-11)15-9/h5-6,9-11,15H,2-4,7-8H2,1H3. The van der Waals surface area contributed by atoms with Gasteiger partial charge in [0.05, 0.1) is 6.20 Å². The largest absolute Gasteiger partial charge is 0.351 e. The van der Waals surface area contributed by atoms with Gasteiger partial charge in [0, 0.05) is 30.7 Å². The van der Waals surface area contributed by atoms with E-state index in [9.17, 15) is 4.79 Å². The molecule has 1 aromatic rings. The van der Waals surface area contributed by atoms with Crippen LogP contribution >= 0.6 is 0 Å². The Morgan fingerprint density at radius 1 is 1.50 bits per heavy atom. The third-order valence-corrected chi connectivity index (χ3v) is 4.14. The molecule has 5 nitrogen and oxygen atoms in total. The topological polar surface area (TPSA) is 58.4 Å². The Hall–Kier alpha value is -1.36. The summed E-state index contributed by atoms with van der Waals surface area (Å²) in [5, 5.41) is 7.21. The molecule has 2 bridgehead atoms. The summed E-state index contributed by atoms with van der Waals surface area (Å²) < 4.78 is 4.98. The zero-order valence-electron chi connectivity index (χ0n) is 10.6. The molecular weight excluding hydrogens is 230 g/mol. The van der Waals surface area contributed by atoms with E-state index in [2.05, 4.69) is 10.5 Å². The van der Waals surface area contributed by atoms with Gasteiger partial charge >= 0.3 is 0 Å². The Morgan fingerprint density at radius 3 is 2.78 bits per heavy atom. The molecule has 0 radical (unpaired) electrons. The number of carbonyl (C=O) groups excluding carboxylic acids is 1. The maximum absolute atomic E-state index is 12.3. The van der Waals surface area contributed by atoms with Gasteiger partial charge in [-0.2, -0.15) is 0 Å². The van der Waals surface area contributed by atoms with E-state index < -0.39 is 0 Å². The molecule has 2 atom stereocenters. The van der Waals surface area contributed by atoms with E-state index in [1.54, 1.807) is 6.07 Å². The zero-order valence-corrected chi connectivity index (χ0v) is 10.6. The fourth-order valence-electron chi connectivity index (χ4n) is 3.32. The van der Waals surface area contributed by atoms with Crippen molar-refractivity contribution in [3.63, 3.8) is 0 Å². The smallest absolute Gasteiger partial charge is 0.292 e. The summed E-state index contributed by atoms with van der Waals surface area (Å²) in [6.07, 6.45) is 6.13. The first-order valence-corrected chi connectivity index (χ1v) is 6.75. The molecule has 0 spiro atoms. The van der Waals surface area contributed by atoms with Gasteiger partial charge in [0.2, 0.25) is 5.76 Å². The molecule has 2 aliphatic rings. The van der Waals surface area contributed by atoms with Gasteiger partial charge < -0.3 is 14.7 Å². The molecule has 3 rings (SSSR count). The third kappa shape index (κ3) is 2.03. The van der Waals surface area contributed by atoms with Crippen LogP contribution in [-0.4, -0.2) is 40.6 Å². The Morgan fingerprint density at radius 2 is 2.22 bits per heavy atom. The molecule has 1 amide bonds. The zero-order chi connectivity index (χ0) is 12.5. The van der Waals surface area contributed by atoms with E-state index in [4.69, 9.17) is 4.52 Å². The predicted molar refractivity (Wildman–Crippen MR) is 66.2 cm³/mol. The highest BCUT2D eigenvalue weighted by atomic mass is 16.5. The van der Waals surface area contributed by atoms with Crippen molar-refractivity contribution in [3.05, 3.63) is 18.0 Å². The highest BCUT2D eigenvalue weighted by molar-refractivity contribution is 5.91. The van der Waals surface area contributed by atoms with Crippen molar-refractivity contribution in [3.8, 4) is 0 Å². The Labute approximate surface area is 107 Å². The van der Waals surface area contributed by atoms with Crippen molar-refractivity contribution in [2.45, 2.75) is 50.7 Å². The minimum absolute atomic E-state index is 0.0266. The van der Waals surface area contributed by atoms with Crippen LogP contribution in [0.4, 0.5) is 0 Å². The monoisotopic (exact) mass is 249 g/mol.